The summed E-state index contributed by atoms with van der Waals surface area (Å²) in [5.74, 6) is 0.389. The molecule has 0 spiro atoms. The zero-order valence-electron chi connectivity index (χ0n) is 15.2. The van der Waals surface area contributed by atoms with Crippen LogP contribution >= 0.6 is 0 Å². The van der Waals surface area contributed by atoms with E-state index in [2.05, 4.69) is 20.4 Å². The van der Waals surface area contributed by atoms with Crippen LogP contribution in [0.15, 0.2) is 73.2 Å². The molecule has 2 heterocycles. The highest BCUT2D eigenvalue weighted by atomic mass is 19.1. The zero-order chi connectivity index (χ0) is 19.8. The maximum atomic E-state index is 13.4. The van der Waals surface area contributed by atoms with Crippen molar-refractivity contribution in [3.05, 3.63) is 84.6 Å². The van der Waals surface area contributed by atoms with E-state index >= 15 is 0 Å². The molecule has 0 unspecified atom stereocenters. The third-order valence-electron chi connectivity index (χ3n) is 4.77. The number of aromatic nitrogens is 4. The highest BCUT2D eigenvalue weighted by Gasteiger charge is 2.10. The first-order valence-electron chi connectivity index (χ1n) is 9.07. The molecule has 2 N–H and O–H groups in total. The van der Waals surface area contributed by atoms with Crippen molar-refractivity contribution in [1.29, 1.82) is 0 Å². The van der Waals surface area contributed by atoms with Gasteiger partial charge in [-0.3, -0.25) is 4.68 Å². The molecular formula is C22H16FN5O. The third-order valence-corrected chi connectivity index (χ3v) is 4.77. The molecule has 0 saturated heterocycles. The predicted octanol–water partition coefficient (Wildman–Crippen LogP) is 4.62. The van der Waals surface area contributed by atoms with E-state index in [1.807, 2.05) is 35.0 Å². The lowest BCUT2D eigenvalue weighted by Crippen LogP contribution is -2.01. The van der Waals surface area contributed by atoms with E-state index < -0.39 is 0 Å². The van der Waals surface area contributed by atoms with Gasteiger partial charge >= 0.3 is 0 Å². The number of halogens is 1. The summed E-state index contributed by atoms with van der Waals surface area (Å²) in [5.41, 5.74) is 3.26. The smallest absolute Gasteiger partial charge is 0.145 e. The van der Waals surface area contributed by atoms with E-state index in [9.17, 15) is 9.50 Å². The fraction of sp³-hybridized carbons (Fsp3) is 0.0455. The molecule has 0 aliphatic rings. The van der Waals surface area contributed by atoms with Crippen molar-refractivity contribution >= 4 is 33.3 Å². The molecule has 0 amide bonds. The molecule has 5 rings (SSSR count). The quantitative estimate of drug-likeness (QED) is 0.472. The van der Waals surface area contributed by atoms with Crippen molar-refractivity contribution in [3.8, 4) is 5.75 Å². The number of hydrogen-bond donors (Lipinski definition) is 2. The Hall–Kier alpha value is -4.00. The molecule has 7 heteroatoms. The minimum atomic E-state index is -0.259. The van der Waals surface area contributed by atoms with Crippen LogP contribution in [-0.4, -0.2) is 24.9 Å². The molecule has 0 saturated carbocycles. The van der Waals surface area contributed by atoms with Crippen molar-refractivity contribution in [3.63, 3.8) is 0 Å². The van der Waals surface area contributed by atoms with Gasteiger partial charge < -0.3 is 10.4 Å². The van der Waals surface area contributed by atoms with Crippen LogP contribution in [0.4, 0.5) is 15.9 Å². The molecule has 0 fully saturated rings. The van der Waals surface area contributed by atoms with Crippen LogP contribution in [-0.2, 0) is 6.54 Å². The molecular weight excluding hydrogens is 369 g/mol. The van der Waals surface area contributed by atoms with Crippen LogP contribution in [0.2, 0.25) is 0 Å². The lowest BCUT2D eigenvalue weighted by atomic mass is 10.2. The van der Waals surface area contributed by atoms with E-state index in [0.717, 1.165) is 22.2 Å². The highest BCUT2D eigenvalue weighted by Crippen LogP contribution is 2.31. The number of aromatic hydroxyl groups is 1. The number of fused-ring (bicyclic) bond motifs is 2. The summed E-state index contributed by atoms with van der Waals surface area (Å²) in [6.45, 7) is 0.485. The van der Waals surface area contributed by atoms with Gasteiger partial charge in [-0.1, -0.05) is 18.2 Å². The van der Waals surface area contributed by atoms with Gasteiger partial charge in [-0.2, -0.15) is 5.10 Å². The lowest BCUT2D eigenvalue weighted by Gasteiger charge is -2.10. The minimum absolute atomic E-state index is 0.120. The molecule has 29 heavy (non-hydrogen) atoms. The average molecular weight is 385 g/mol. The number of nitrogens with one attached hydrogen (secondary N) is 1. The summed E-state index contributed by atoms with van der Waals surface area (Å²) in [6, 6.07) is 17.5. The van der Waals surface area contributed by atoms with Gasteiger partial charge in [-0.05, 0) is 48.0 Å². The number of nitrogens with zero attached hydrogens (tertiary/aromatic N) is 4. The van der Waals surface area contributed by atoms with E-state index in [-0.39, 0.29) is 11.6 Å². The Morgan fingerprint density at radius 3 is 2.79 bits per heavy atom. The van der Waals surface area contributed by atoms with Gasteiger partial charge in [-0.25, -0.2) is 14.4 Å². The van der Waals surface area contributed by atoms with Gasteiger partial charge in [0.1, 0.15) is 23.7 Å². The minimum Gasteiger partial charge on any atom is -0.507 e. The molecule has 5 aromatic rings. The van der Waals surface area contributed by atoms with Crippen molar-refractivity contribution < 1.29 is 9.50 Å². The van der Waals surface area contributed by atoms with Crippen molar-refractivity contribution in [2.45, 2.75) is 6.54 Å². The molecule has 0 aliphatic carbocycles. The summed E-state index contributed by atoms with van der Waals surface area (Å²) >= 11 is 0. The van der Waals surface area contributed by atoms with Crippen LogP contribution < -0.4 is 5.32 Å². The van der Waals surface area contributed by atoms with Crippen LogP contribution in [0, 0.1) is 5.82 Å². The van der Waals surface area contributed by atoms with Gasteiger partial charge in [0.05, 0.1) is 29.2 Å². The molecule has 0 bridgehead atoms. The Labute approximate surface area is 165 Å². The summed E-state index contributed by atoms with van der Waals surface area (Å²) in [7, 11) is 0. The fourth-order valence-corrected chi connectivity index (χ4v) is 3.42. The van der Waals surface area contributed by atoms with Gasteiger partial charge in [0.15, 0.2) is 0 Å². The number of benzene rings is 3. The maximum Gasteiger partial charge on any atom is 0.145 e. The average Bonchev–Trinajstić information content (AvgIpc) is 3.10. The number of phenols is 1. The maximum absolute atomic E-state index is 13.4. The highest BCUT2D eigenvalue weighted by molar-refractivity contribution is 5.96. The Morgan fingerprint density at radius 1 is 1.00 bits per heavy atom. The molecule has 0 aliphatic heterocycles. The van der Waals surface area contributed by atoms with E-state index in [1.54, 1.807) is 24.4 Å². The second-order valence-electron chi connectivity index (χ2n) is 6.72. The van der Waals surface area contributed by atoms with Gasteiger partial charge in [0, 0.05) is 11.1 Å². The Bertz CT molecular complexity index is 1340. The van der Waals surface area contributed by atoms with Crippen LogP contribution in [0.3, 0.4) is 0 Å². The molecule has 142 valence electrons. The Balaban J connectivity index is 1.47. The fourth-order valence-electron chi connectivity index (χ4n) is 3.42. The first-order chi connectivity index (χ1) is 14.2. The van der Waals surface area contributed by atoms with E-state index in [0.29, 0.717) is 23.3 Å². The molecule has 6 nitrogen and oxygen atoms in total. The number of phenolic OH excluding ortho intramolecular Hbond substituents is 1. The van der Waals surface area contributed by atoms with Crippen molar-refractivity contribution in [1.82, 2.24) is 19.7 Å². The first-order valence-corrected chi connectivity index (χ1v) is 9.07. The standard InChI is InChI=1S/C22H16FN5O/c23-16-4-1-3-14(9-16)12-28-19-8-7-17(10-15(19)11-26-28)27-22-21-18(24-13-25-22)5-2-6-20(21)29/h1-11,13,29H,12H2,(H,24,25,27). The number of hydrogen-bond acceptors (Lipinski definition) is 5. The largest absolute Gasteiger partial charge is 0.507 e. The van der Waals surface area contributed by atoms with Crippen LogP contribution in [0.5, 0.6) is 5.75 Å². The summed E-state index contributed by atoms with van der Waals surface area (Å²) in [4.78, 5) is 8.47. The topological polar surface area (TPSA) is 75.9 Å². The molecule has 0 radical (unpaired) electrons. The summed E-state index contributed by atoms with van der Waals surface area (Å²) in [6.07, 6.45) is 3.23. The molecule has 2 aromatic heterocycles. The van der Waals surface area contributed by atoms with Crippen molar-refractivity contribution in [2.24, 2.45) is 0 Å². The number of anilines is 2. The van der Waals surface area contributed by atoms with Crippen LogP contribution in [0.1, 0.15) is 5.56 Å². The Kier molecular flexibility index (Phi) is 4.05. The normalized spacial score (nSPS) is 11.2. The third kappa shape index (κ3) is 3.23. The predicted molar refractivity (Wildman–Crippen MR) is 110 cm³/mol. The molecule has 0 atom stereocenters. The van der Waals surface area contributed by atoms with E-state index in [1.165, 1.54) is 18.5 Å². The second kappa shape index (κ2) is 6.87. The SMILES string of the molecule is Oc1cccc2ncnc(Nc3ccc4c(cnn4Cc4cccc(F)c4)c3)c12. The molecule has 3 aromatic carbocycles. The number of rotatable bonds is 4. The van der Waals surface area contributed by atoms with Gasteiger partial charge in [0.2, 0.25) is 0 Å². The zero-order valence-corrected chi connectivity index (χ0v) is 15.2. The Morgan fingerprint density at radius 2 is 1.90 bits per heavy atom. The lowest BCUT2D eigenvalue weighted by molar-refractivity contribution is 0.481. The van der Waals surface area contributed by atoms with Gasteiger partial charge in [0.25, 0.3) is 0 Å². The second-order valence-corrected chi connectivity index (χ2v) is 6.72. The monoisotopic (exact) mass is 385 g/mol. The first kappa shape index (κ1) is 17.1. The van der Waals surface area contributed by atoms with Crippen LogP contribution in [0.25, 0.3) is 21.8 Å². The van der Waals surface area contributed by atoms with E-state index in [4.69, 9.17) is 0 Å². The van der Waals surface area contributed by atoms with Crippen molar-refractivity contribution in [2.75, 3.05) is 5.32 Å². The summed E-state index contributed by atoms with van der Waals surface area (Å²) < 4.78 is 15.3. The summed E-state index contributed by atoms with van der Waals surface area (Å²) in [5, 5.41) is 19.4. The van der Waals surface area contributed by atoms with Gasteiger partial charge in [-0.15, -0.1) is 0 Å².